The maximum absolute atomic E-state index is 12.8. The van der Waals surface area contributed by atoms with Gasteiger partial charge in [0, 0.05) is 41.7 Å². The van der Waals surface area contributed by atoms with E-state index in [1.54, 1.807) is 16.2 Å². The van der Waals surface area contributed by atoms with Crippen molar-refractivity contribution in [3.8, 4) is 0 Å². The number of thioether (sulfide) groups is 1. The lowest BCUT2D eigenvalue weighted by Crippen LogP contribution is -2.24. The summed E-state index contributed by atoms with van der Waals surface area (Å²) in [5.74, 6) is 1.30. The van der Waals surface area contributed by atoms with Gasteiger partial charge in [-0.25, -0.2) is 0 Å². The monoisotopic (exact) mass is 495 g/mol. The van der Waals surface area contributed by atoms with E-state index in [0.717, 1.165) is 48.9 Å². The van der Waals surface area contributed by atoms with E-state index in [1.165, 1.54) is 35.9 Å². The summed E-state index contributed by atoms with van der Waals surface area (Å²) in [6.07, 6.45) is 8.24. The second kappa shape index (κ2) is 10.7. The van der Waals surface area contributed by atoms with Gasteiger partial charge in [-0.1, -0.05) is 43.2 Å². The average molecular weight is 496 g/mol. The van der Waals surface area contributed by atoms with Gasteiger partial charge >= 0.3 is 0 Å². The Hall–Kier alpha value is -2.65. The molecule has 2 aromatic heterocycles. The van der Waals surface area contributed by atoms with E-state index in [-0.39, 0.29) is 17.6 Å². The topological polar surface area (TPSA) is 80.1 Å². The van der Waals surface area contributed by atoms with Gasteiger partial charge in [0.25, 0.3) is 0 Å². The summed E-state index contributed by atoms with van der Waals surface area (Å²) in [6.45, 7) is 0.733. The summed E-state index contributed by atoms with van der Waals surface area (Å²) < 4.78 is 2.29. The second-order valence-corrected chi connectivity index (χ2v) is 10.8. The van der Waals surface area contributed by atoms with Crippen molar-refractivity contribution >= 4 is 46.3 Å². The van der Waals surface area contributed by atoms with Gasteiger partial charge in [0.15, 0.2) is 5.16 Å². The fourth-order valence-corrected chi connectivity index (χ4v) is 6.33. The summed E-state index contributed by atoms with van der Waals surface area (Å²) in [5, 5.41) is 14.9. The molecule has 1 N–H and O–H groups in total. The highest BCUT2D eigenvalue weighted by Gasteiger charge is 2.24. The van der Waals surface area contributed by atoms with Crippen molar-refractivity contribution in [3.63, 3.8) is 0 Å². The summed E-state index contributed by atoms with van der Waals surface area (Å²) in [4.78, 5) is 27.9. The number of benzene rings is 1. The Bertz CT molecular complexity index is 1140. The Morgan fingerprint density at radius 3 is 2.76 bits per heavy atom. The zero-order valence-corrected chi connectivity index (χ0v) is 20.7. The van der Waals surface area contributed by atoms with Crippen LogP contribution < -0.4 is 10.2 Å². The van der Waals surface area contributed by atoms with Crippen LogP contribution in [0.4, 0.5) is 11.4 Å². The Morgan fingerprint density at radius 2 is 2.00 bits per heavy atom. The summed E-state index contributed by atoms with van der Waals surface area (Å²) in [5.41, 5.74) is 1.54. The molecule has 2 fully saturated rings. The minimum atomic E-state index is -0.0899. The molecule has 1 saturated carbocycles. The smallest absolute Gasteiger partial charge is 0.234 e. The van der Waals surface area contributed by atoms with E-state index in [4.69, 9.17) is 0 Å². The van der Waals surface area contributed by atoms with E-state index in [0.29, 0.717) is 18.2 Å². The molecule has 1 aromatic carbocycles. The van der Waals surface area contributed by atoms with Crippen LogP contribution >= 0.6 is 23.1 Å². The lowest BCUT2D eigenvalue weighted by Gasteiger charge is -2.25. The molecule has 0 radical (unpaired) electrons. The van der Waals surface area contributed by atoms with Crippen LogP contribution in [0.15, 0.2) is 46.9 Å². The molecule has 0 atom stereocenters. The number of anilines is 2. The summed E-state index contributed by atoms with van der Waals surface area (Å²) >= 11 is 3.18. The van der Waals surface area contributed by atoms with E-state index >= 15 is 0 Å². The van der Waals surface area contributed by atoms with Gasteiger partial charge in [-0.3, -0.25) is 9.59 Å². The van der Waals surface area contributed by atoms with Crippen molar-refractivity contribution < 1.29 is 9.59 Å². The number of aromatic nitrogens is 3. The first kappa shape index (κ1) is 23.1. The van der Waals surface area contributed by atoms with E-state index in [9.17, 15) is 9.59 Å². The van der Waals surface area contributed by atoms with Gasteiger partial charge in [0.2, 0.25) is 11.8 Å². The first-order valence-electron chi connectivity index (χ1n) is 12.0. The van der Waals surface area contributed by atoms with E-state index in [1.807, 2.05) is 24.3 Å². The molecule has 1 aliphatic heterocycles. The zero-order valence-electron chi connectivity index (χ0n) is 19.1. The minimum Gasteiger partial charge on any atom is -0.325 e. The Balaban J connectivity index is 1.26. The molecule has 1 aliphatic carbocycles. The third-order valence-corrected chi connectivity index (χ3v) is 8.25. The van der Waals surface area contributed by atoms with Crippen LogP contribution in [0.3, 0.4) is 0 Å². The second-order valence-electron chi connectivity index (χ2n) is 8.85. The number of rotatable bonds is 8. The first-order chi connectivity index (χ1) is 16.7. The molecule has 3 aromatic rings. The Morgan fingerprint density at radius 1 is 1.12 bits per heavy atom. The fraction of sp³-hybridized carbons (Fsp3) is 0.440. The molecule has 3 heterocycles. The third-order valence-electron chi connectivity index (χ3n) is 6.43. The minimum absolute atomic E-state index is 0.0899. The number of carbonyl (C=O) groups is 2. The number of amides is 2. The zero-order chi connectivity index (χ0) is 23.3. The molecule has 178 valence electrons. The highest BCUT2D eigenvalue weighted by molar-refractivity contribution is 7.99. The van der Waals surface area contributed by atoms with Gasteiger partial charge < -0.3 is 14.8 Å². The predicted molar refractivity (Wildman–Crippen MR) is 137 cm³/mol. The van der Waals surface area contributed by atoms with Crippen molar-refractivity contribution in [1.29, 1.82) is 0 Å². The number of thiophene rings is 1. The van der Waals surface area contributed by atoms with Gasteiger partial charge in [0.05, 0.1) is 5.75 Å². The number of nitrogens with zero attached hydrogens (tertiary/aromatic N) is 4. The molecule has 0 bridgehead atoms. The standard InChI is InChI=1S/C25H29N5O2S2/c31-23(26-18-7-4-10-20(15-18)29-13-5-12-24(29)32)17-34-25-28-27-22(16-21-11-6-14-33-21)30(25)19-8-2-1-3-9-19/h4,6-7,10-11,14-15,19H,1-3,5,8-9,12-13,16-17H2,(H,26,31). The average Bonchev–Trinajstić information content (AvgIpc) is 3.60. The molecule has 0 unspecified atom stereocenters. The van der Waals surface area contributed by atoms with Crippen LogP contribution in [-0.4, -0.2) is 38.9 Å². The molecular weight excluding hydrogens is 466 g/mol. The third kappa shape index (κ3) is 5.36. The molecular formula is C25H29N5O2S2. The molecule has 5 rings (SSSR count). The maximum Gasteiger partial charge on any atom is 0.234 e. The number of nitrogens with one attached hydrogen (secondary N) is 1. The number of carbonyl (C=O) groups excluding carboxylic acids is 2. The fourth-order valence-electron chi connectivity index (χ4n) is 4.80. The van der Waals surface area contributed by atoms with Crippen LogP contribution in [0.1, 0.15) is 61.7 Å². The van der Waals surface area contributed by atoms with Crippen LogP contribution in [0.5, 0.6) is 0 Å². The highest BCUT2D eigenvalue weighted by Crippen LogP contribution is 2.33. The molecule has 9 heteroatoms. The molecule has 2 aliphatic rings. The van der Waals surface area contributed by atoms with Crippen molar-refractivity contribution in [2.75, 3.05) is 22.5 Å². The van der Waals surface area contributed by atoms with Crippen LogP contribution in [0.2, 0.25) is 0 Å². The van der Waals surface area contributed by atoms with Crippen LogP contribution in [-0.2, 0) is 16.0 Å². The van der Waals surface area contributed by atoms with Crippen LogP contribution in [0, 0.1) is 0 Å². The van der Waals surface area contributed by atoms with Crippen LogP contribution in [0.25, 0.3) is 0 Å². The molecule has 2 amide bonds. The predicted octanol–water partition coefficient (Wildman–Crippen LogP) is 5.29. The Kier molecular flexibility index (Phi) is 7.30. The first-order valence-corrected chi connectivity index (χ1v) is 13.8. The summed E-state index contributed by atoms with van der Waals surface area (Å²) in [6, 6.07) is 12.1. The van der Waals surface area contributed by atoms with Crippen molar-refractivity contribution in [1.82, 2.24) is 14.8 Å². The van der Waals surface area contributed by atoms with Crippen molar-refractivity contribution in [3.05, 3.63) is 52.5 Å². The quantitative estimate of drug-likeness (QED) is 0.429. The maximum atomic E-state index is 12.8. The van der Waals surface area contributed by atoms with Gasteiger partial charge in [0.1, 0.15) is 5.82 Å². The molecule has 1 saturated heterocycles. The SMILES string of the molecule is O=C(CSc1nnc(Cc2cccs2)n1C1CCCCC1)Nc1cccc(N2CCCC2=O)c1. The molecule has 0 spiro atoms. The van der Waals surface area contributed by atoms with Gasteiger partial charge in [-0.05, 0) is 48.9 Å². The molecule has 34 heavy (non-hydrogen) atoms. The van der Waals surface area contributed by atoms with Crippen molar-refractivity contribution in [2.45, 2.75) is 62.6 Å². The lowest BCUT2D eigenvalue weighted by atomic mass is 9.95. The number of hydrogen-bond donors (Lipinski definition) is 1. The van der Waals surface area contributed by atoms with E-state index in [2.05, 4.69) is 37.6 Å². The molecule has 7 nitrogen and oxygen atoms in total. The Labute approximate surface area is 208 Å². The van der Waals surface area contributed by atoms with Gasteiger partial charge in [-0.2, -0.15) is 0 Å². The largest absolute Gasteiger partial charge is 0.325 e. The lowest BCUT2D eigenvalue weighted by molar-refractivity contribution is -0.117. The van der Waals surface area contributed by atoms with Crippen molar-refractivity contribution in [2.24, 2.45) is 0 Å². The normalized spacial score (nSPS) is 16.8. The van der Waals surface area contributed by atoms with E-state index < -0.39 is 0 Å². The highest BCUT2D eigenvalue weighted by atomic mass is 32.2. The summed E-state index contributed by atoms with van der Waals surface area (Å²) in [7, 11) is 0. The van der Waals surface area contributed by atoms with Gasteiger partial charge in [-0.15, -0.1) is 21.5 Å². The number of hydrogen-bond acceptors (Lipinski definition) is 6.